The molecule has 8 heteroatoms. The van der Waals surface area contributed by atoms with Gasteiger partial charge in [-0.05, 0) is 31.4 Å². The van der Waals surface area contributed by atoms with Crippen LogP contribution in [0.1, 0.15) is 36.6 Å². The average molecular weight is 377 g/mol. The third-order valence-corrected chi connectivity index (χ3v) is 6.93. The van der Waals surface area contributed by atoms with Crippen molar-refractivity contribution in [1.82, 2.24) is 15.2 Å². The summed E-state index contributed by atoms with van der Waals surface area (Å²) in [6.45, 7) is 0. The number of nitrogens with one attached hydrogen (secondary N) is 1. The molecule has 3 aromatic rings. The molecule has 2 heterocycles. The van der Waals surface area contributed by atoms with Crippen molar-refractivity contribution >= 4 is 55.7 Å². The van der Waals surface area contributed by atoms with Crippen molar-refractivity contribution in [3.05, 3.63) is 29.3 Å². The van der Waals surface area contributed by atoms with E-state index in [1.165, 1.54) is 28.9 Å². The molecule has 1 aliphatic carbocycles. The third-order valence-electron chi connectivity index (χ3n) is 3.66. The summed E-state index contributed by atoms with van der Waals surface area (Å²) in [6, 6.07) is 8.15. The fourth-order valence-electron chi connectivity index (χ4n) is 2.27. The van der Waals surface area contributed by atoms with E-state index in [0.29, 0.717) is 17.5 Å². The Balaban J connectivity index is 1.21. The molecular weight excluding hydrogens is 360 g/mol. The van der Waals surface area contributed by atoms with Crippen molar-refractivity contribution in [2.24, 2.45) is 0 Å². The van der Waals surface area contributed by atoms with Gasteiger partial charge in [0.2, 0.25) is 11.0 Å². The lowest BCUT2D eigenvalue weighted by atomic mass is 10.3. The molecule has 1 N–H and O–H groups in total. The summed E-state index contributed by atoms with van der Waals surface area (Å²) in [5.74, 6) is 1.48. The number of rotatable bonds is 7. The Morgan fingerprint density at radius 2 is 2.12 bits per heavy atom. The SMILES string of the molecule is O=C(CCCSc1nc2ccccc2s1)Nc1nnc(C2CC2)s1. The van der Waals surface area contributed by atoms with Gasteiger partial charge in [0.1, 0.15) is 5.01 Å². The molecule has 1 aromatic carbocycles. The summed E-state index contributed by atoms with van der Waals surface area (Å²) in [4.78, 5) is 16.6. The summed E-state index contributed by atoms with van der Waals surface area (Å²) in [5.41, 5.74) is 1.05. The Morgan fingerprint density at radius 1 is 1.25 bits per heavy atom. The van der Waals surface area contributed by atoms with Crippen LogP contribution in [0.3, 0.4) is 0 Å². The average Bonchev–Trinajstić information content (AvgIpc) is 3.18. The van der Waals surface area contributed by atoms with Crippen LogP contribution in [0, 0.1) is 0 Å². The molecule has 0 saturated heterocycles. The van der Waals surface area contributed by atoms with E-state index in [1.54, 1.807) is 23.1 Å². The molecule has 0 aliphatic heterocycles. The molecule has 0 radical (unpaired) electrons. The van der Waals surface area contributed by atoms with E-state index in [0.717, 1.165) is 27.0 Å². The van der Waals surface area contributed by atoms with Gasteiger partial charge in [0.05, 0.1) is 10.2 Å². The lowest BCUT2D eigenvalue weighted by molar-refractivity contribution is -0.116. The first-order chi connectivity index (χ1) is 11.8. The van der Waals surface area contributed by atoms with Crippen LogP contribution < -0.4 is 5.32 Å². The first-order valence-electron chi connectivity index (χ1n) is 7.89. The van der Waals surface area contributed by atoms with Crippen LogP contribution >= 0.6 is 34.4 Å². The fraction of sp³-hybridized carbons (Fsp3) is 0.375. The van der Waals surface area contributed by atoms with Crippen molar-refractivity contribution in [1.29, 1.82) is 0 Å². The maximum atomic E-state index is 12.0. The zero-order valence-electron chi connectivity index (χ0n) is 12.9. The highest BCUT2D eigenvalue weighted by molar-refractivity contribution is 8.01. The summed E-state index contributed by atoms with van der Waals surface area (Å²) < 4.78 is 2.27. The number of thioether (sulfide) groups is 1. The van der Waals surface area contributed by atoms with Gasteiger partial charge < -0.3 is 5.32 Å². The first-order valence-corrected chi connectivity index (χ1v) is 10.5. The van der Waals surface area contributed by atoms with E-state index in [2.05, 4.69) is 26.6 Å². The monoisotopic (exact) mass is 376 g/mol. The summed E-state index contributed by atoms with van der Waals surface area (Å²) >= 11 is 4.92. The number of hydrogen-bond donors (Lipinski definition) is 1. The smallest absolute Gasteiger partial charge is 0.226 e. The third kappa shape index (κ3) is 3.93. The second-order valence-electron chi connectivity index (χ2n) is 5.67. The number of aromatic nitrogens is 3. The highest BCUT2D eigenvalue weighted by atomic mass is 32.2. The minimum absolute atomic E-state index is 0.0124. The zero-order chi connectivity index (χ0) is 16.4. The molecule has 1 saturated carbocycles. The van der Waals surface area contributed by atoms with Gasteiger partial charge in [0, 0.05) is 18.1 Å². The number of hydrogen-bond acceptors (Lipinski definition) is 7. The lowest BCUT2D eigenvalue weighted by Gasteiger charge is -2.00. The molecule has 1 amide bonds. The highest BCUT2D eigenvalue weighted by Gasteiger charge is 2.27. The van der Waals surface area contributed by atoms with E-state index in [-0.39, 0.29) is 5.91 Å². The van der Waals surface area contributed by atoms with Crippen LogP contribution in [0.15, 0.2) is 28.6 Å². The maximum absolute atomic E-state index is 12.0. The molecule has 2 aromatic heterocycles. The van der Waals surface area contributed by atoms with Crippen molar-refractivity contribution in [2.75, 3.05) is 11.1 Å². The van der Waals surface area contributed by atoms with E-state index >= 15 is 0 Å². The Bertz CT molecular complexity index is 823. The number of carbonyl (C=O) groups excluding carboxylic acids is 1. The lowest BCUT2D eigenvalue weighted by Crippen LogP contribution is -2.11. The van der Waals surface area contributed by atoms with Gasteiger partial charge in [-0.2, -0.15) is 0 Å². The Morgan fingerprint density at radius 3 is 2.96 bits per heavy atom. The van der Waals surface area contributed by atoms with Gasteiger partial charge >= 0.3 is 0 Å². The molecule has 24 heavy (non-hydrogen) atoms. The Kier molecular flexibility index (Phi) is 4.77. The van der Waals surface area contributed by atoms with E-state index < -0.39 is 0 Å². The van der Waals surface area contributed by atoms with E-state index in [4.69, 9.17) is 0 Å². The molecule has 4 rings (SSSR count). The number of para-hydroxylation sites is 1. The van der Waals surface area contributed by atoms with Crippen molar-refractivity contribution in [3.8, 4) is 0 Å². The van der Waals surface area contributed by atoms with Gasteiger partial charge in [-0.1, -0.05) is 35.2 Å². The number of carbonyl (C=O) groups is 1. The standard InChI is InChI=1S/C16H16N4OS3/c21-13(18-15-20-19-14(24-15)10-7-8-10)6-3-9-22-16-17-11-4-1-2-5-12(11)23-16/h1-2,4-5,10H,3,6-9H2,(H,18,20,21). The summed E-state index contributed by atoms with van der Waals surface area (Å²) in [6.07, 6.45) is 3.72. The maximum Gasteiger partial charge on any atom is 0.226 e. The van der Waals surface area contributed by atoms with Crippen molar-refractivity contribution in [2.45, 2.75) is 35.9 Å². The van der Waals surface area contributed by atoms with Gasteiger partial charge in [-0.3, -0.25) is 4.79 Å². The highest BCUT2D eigenvalue weighted by Crippen LogP contribution is 2.42. The topological polar surface area (TPSA) is 67.8 Å². The van der Waals surface area contributed by atoms with Crippen LogP contribution in [0.5, 0.6) is 0 Å². The van der Waals surface area contributed by atoms with Gasteiger partial charge in [-0.25, -0.2) is 4.98 Å². The normalized spacial score (nSPS) is 14.2. The van der Waals surface area contributed by atoms with Gasteiger partial charge in [0.15, 0.2) is 4.34 Å². The van der Waals surface area contributed by atoms with E-state index in [9.17, 15) is 4.79 Å². The van der Waals surface area contributed by atoms with Crippen LogP contribution in [0.25, 0.3) is 10.2 Å². The molecule has 1 aliphatic rings. The molecular formula is C16H16N4OS3. The number of fused-ring (bicyclic) bond motifs is 1. The zero-order valence-corrected chi connectivity index (χ0v) is 15.3. The van der Waals surface area contributed by atoms with Crippen LogP contribution in [0.2, 0.25) is 0 Å². The largest absolute Gasteiger partial charge is 0.301 e. The minimum Gasteiger partial charge on any atom is -0.301 e. The predicted molar refractivity (Wildman–Crippen MR) is 100 cm³/mol. The molecule has 0 unspecified atom stereocenters. The molecule has 5 nitrogen and oxygen atoms in total. The molecule has 1 fully saturated rings. The van der Waals surface area contributed by atoms with Gasteiger partial charge in [-0.15, -0.1) is 21.5 Å². The Labute approximate surface area is 151 Å². The fourth-order valence-corrected chi connectivity index (χ4v) is 5.27. The van der Waals surface area contributed by atoms with Gasteiger partial charge in [0.25, 0.3) is 0 Å². The second kappa shape index (κ2) is 7.16. The van der Waals surface area contributed by atoms with E-state index in [1.807, 2.05) is 18.2 Å². The predicted octanol–water partition coefficient (Wildman–Crippen LogP) is 4.54. The Hall–Kier alpha value is -1.51. The first kappa shape index (κ1) is 16.0. The minimum atomic E-state index is 0.0124. The molecule has 0 spiro atoms. The number of anilines is 1. The van der Waals surface area contributed by atoms with Crippen LogP contribution in [-0.2, 0) is 4.79 Å². The number of nitrogens with zero attached hydrogens (tertiary/aromatic N) is 3. The van der Waals surface area contributed by atoms with Crippen LogP contribution in [0.4, 0.5) is 5.13 Å². The number of benzene rings is 1. The molecule has 124 valence electrons. The second-order valence-corrected chi connectivity index (χ2v) is 9.05. The number of thiazole rings is 1. The number of amides is 1. The van der Waals surface area contributed by atoms with Crippen LogP contribution in [-0.4, -0.2) is 26.8 Å². The summed E-state index contributed by atoms with van der Waals surface area (Å²) in [7, 11) is 0. The molecule has 0 bridgehead atoms. The quantitative estimate of drug-likeness (QED) is 0.484. The summed E-state index contributed by atoms with van der Waals surface area (Å²) in [5, 5.41) is 12.7. The van der Waals surface area contributed by atoms with Crippen molar-refractivity contribution in [3.63, 3.8) is 0 Å². The van der Waals surface area contributed by atoms with Crippen molar-refractivity contribution < 1.29 is 4.79 Å². The molecule has 0 atom stereocenters.